The van der Waals surface area contributed by atoms with Gasteiger partial charge < -0.3 is 49.3 Å². The van der Waals surface area contributed by atoms with Crippen molar-refractivity contribution in [3.63, 3.8) is 0 Å². The number of aliphatic hydroxyl groups is 2. The van der Waals surface area contributed by atoms with Gasteiger partial charge in [0.1, 0.15) is 40.4 Å². The van der Waals surface area contributed by atoms with Gasteiger partial charge in [0.15, 0.2) is 29.1 Å². The minimum atomic E-state index is -1.95. The highest BCUT2D eigenvalue weighted by atomic mass is 16.7. The molecule has 1 aromatic heterocycles. The molecule has 0 saturated carbocycles. The van der Waals surface area contributed by atoms with Gasteiger partial charge in [0.2, 0.25) is 6.29 Å². The third-order valence-corrected chi connectivity index (χ3v) is 5.37. The van der Waals surface area contributed by atoms with Crippen LogP contribution in [0.1, 0.15) is 6.92 Å². The fraction of sp³-hybridized carbons (Fsp3) is 0.261. The number of rotatable bonds is 5. The van der Waals surface area contributed by atoms with Crippen molar-refractivity contribution in [1.82, 2.24) is 0 Å². The number of aliphatic carboxylic acids is 1. The van der Waals surface area contributed by atoms with Gasteiger partial charge in [-0.25, -0.2) is 4.79 Å². The monoisotopic (exact) mass is 504 g/mol. The van der Waals surface area contributed by atoms with Crippen molar-refractivity contribution < 1.29 is 58.9 Å². The van der Waals surface area contributed by atoms with Crippen LogP contribution < -0.4 is 10.2 Å². The van der Waals surface area contributed by atoms with E-state index in [0.717, 1.165) is 31.2 Å². The first-order valence-electron chi connectivity index (χ1n) is 10.4. The van der Waals surface area contributed by atoms with Gasteiger partial charge in [0.25, 0.3) is 0 Å². The van der Waals surface area contributed by atoms with E-state index in [2.05, 4.69) is 0 Å². The predicted octanol–water partition coefficient (Wildman–Crippen LogP) is 0.419. The van der Waals surface area contributed by atoms with Gasteiger partial charge >= 0.3 is 11.9 Å². The van der Waals surface area contributed by atoms with Crippen LogP contribution in [0, 0.1) is 0 Å². The molecule has 0 aliphatic carbocycles. The van der Waals surface area contributed by atoms with Crippen LogP contribution in [-0.2, 0) is 19.1 Å². The standard InChI is InChI=1S/C23H20O13/c1-8(24)33-21-19(30)18(29)20(22(31)32)36-23(21)35-15-4-9(2-3-11(15)26)14-7-13(28)17-12(27)5-10(25)6-16(17)34-14/h2-7,18-21,23,25-27,29-30H,1H3,(H,31,32)/t18-,19-,20-,21+,23+/m0/s1. The lowest BCUT2D eigenvalue weighted by Crippen LogP contribution is -2.62. The van der Waals surface area contributed by atoms with Crippen molar-refractivity contribution in [2.45, 2.75) is 37.6 Å². The van der Waals surface area contributed by atoms with E-state index in [-0.39, 0.29) is 33.8 Å². The molecule has 1 aliphatic heterocycles. The second-order valence-electron chi connectivity index (χ2n) is 7.93. The topological polar surface area (TPSA) is 213 Å². The quantitative estimate of drug-likeness (QED) is 0.260. The zero-order valence-electron chi connectivity index (χ0n) is 18.4. The van der Waals surface area contributed by atoms with E-state index < -0.39 is 59.6 Å². The number of phenolic OH excluding ortho intramolecular Hbond substituents is 3. The molecule has 190 valence electrons. The second-order valence-corrected chi connectivity index (χ2v) is 7.93. The van der Waals surface area contributed by atoms with E-state index in [9.17, 15) is 45.0 Å². The molecule has 1 aliphatic rings. The maximum atomic E-state index is 12.5. The maximum absolute atomic E-state index is 12.5. The second kappa shape index (κ2) is 9.37. The lowest BCUT2D eigenvalue weighted by molar-refractivity contribution is -0.275. The molecule has 13 heteroatoms. The highest BCUT2D eigenvalue weighted by molar-refractivity contribution is 5.86. The highest BCUT2D eigenvalue weighted by Crippen LogP contribution is 2.36. The molecule has 5 atom stereocenters. The van der Waals surface area contributed by atoms with Crippen LogP contribution in [0.2, 0.25) is 0 Å². The highest BCUT2D eigenvalue weighted by Gasteiger charge is 2.50. The number of esters is 1. The summed E-state index contributed by atoms with van der Waals surface area (Å²) >= 11 is 0. The first-order chi connectivity index (χ1) is 17.0. The predicted molar refractivity (Wildman–Crippen MR) is 117 cm³/mol. The summed E-state index contributed by atoms with van der Waals surface area (Å²) in [4.78, 5) is 35.5. The molecule has 6 N–H and O–H groups in total. The number of carboxylic acid groups (broad SMARTS) is 1. The van der Waals surface area contributed by atoms with Gasteiger partial charge in [-0.1, -0.05) is 0 Å². The van der Waals surface area contributed by atoms with Crippen molar-refractivity contribution in [2.24, 2.45) is 0 Å². The third-order valence-electron chi connectivity index (χ3n) is 5.37. The summed E-state index contributed by atoms with van der Waals surface area (Å²) in [6, 6.07) is 6.83. The number of ether oxygens (including phenoxy) is 3. The van der Waals surface area contributed by atoms with Crippen molar-refractivity contribution >= 4 is 22.9 Å². The van der Waals surface area contributed by atoms with Crippen molar-refractivity contribution in [3.05, 3.63) is 46.6 Å². The molecule has 2 heterocycles. The Morgan fingerprint density at radius 1 is 0.972 bits per heavy atom. The molecule has 0 spiro atoms. The van der Waals surface area contributed by atoms with Gasteiger partial charge in [-0.15, -0.1) is 0 Å². The van der Waals surface area contributed by atoms with Crippen molar-refractivity contribution in [1.29, 1.82) is 0 Å². The number of hydrogen-bond acceptors (Lipinski definition) is 12. The number of fused-ring (bicyclic) bond motifs is 1. The summed E-state index contributed by atoms with van der Waals surface area (Å²) in [6.45, 7) is 1.01. The summed E-state index contributed by atoms with van der Waals surface area (Å²) in [7, 11) is 0. The number of phenols is 3. The van der Waals surface area contributed by atoms with E-state index in [4.69, 9.17) is 18.6 Å². The lowest BCUT2D eigenvalue weighted by atomic mass is 9.98. The summed E-state index contributed by atoms with van der Waals surface area (Å²) in [5.41, 5.74) is -0.594. The average molecular weight is 504 g/mol. The van der Waals surface area contributed by atoms with Crippen LogP contribution >= 0.6 is 0 Å². The van der Waals surface area contributed by atoms with Crippen LogP contribution in [0.25, 0.3) is 22.3 Å². The molecule has 0 unspecified atom stereocenters. The van der Waals surface area contributed by atoms with Crippen molar-refractivity contribution in [2.75, 3.05) is 0 Å². The Kier molecular flexibility index (Phi) is 6.45. The van der Waals surface area contributed by atoms with E-state index >= 15 is 0 Å². The number of hydrogen-bond donors (Lipinski definition) is 6. The first-order valence-corrected chi connectivity index (χ1v) is 10.4. The van der Waals surface area contributed by atoms with Gasteiger partial charge in [0.05, 0.1) is 0 Å². The fourth-order valence-electron chi connectivity index (χ4n) is 3.74. The van der Waals surface area contributed by atoms with Gasteiger partial charge in [-0.3, -0.25) is 9.59 Å². The first kappa shape index (κ1) is 24.8. The van der Waals surface area contributed by atoms with Crippen LogP contribution in [0.5, 0.6) is 23.0 Å². The van der Waals surface area contributed by atoms with E-state index in [1.54, 1.807) is 0 Å². The molecule has 13 nitrogen and oxygen atoms in total. The molecule has 4 rings (SSSR count). The van der Waals surface area contributed by atoms with Gasteiger partial charge in [0, 0.05) is 30.7 Å². The molecule has 1 saturated heterocycles. The summed E-state index contributed by atoms with van der Waals surface area (Å²) in [6.07, 6.45) is -9.24. The molecule has 1 fully saturated rings. The minimum Gasteiger partial charge on any atom is -0.508 e. The average Bonchev–Trinajstić information content (AvgIpc) is 2.78. The molecule has 3 aromatic rings. The van der Waals surface area contributed by atoms with Gasteiger partial charge in [-0.2, -0.15) is 0 Å². The Bertz CT molecular complexity index is 1390. The SMILES string of the molecule is CC(=O)O[C@H]1[C@H](Oc2cc(-c3cc(=O)c4c(O)cc(O)cc4o3)ccc2O)O[C@H](C(=O)O)[C@@H](O)[C@@H]1O. The van der Waals surface area contributed by atoms with Crippen LogP contribution in [0.4, 0.5) is 0 Å². The normalized spacial score (nSPS) is 23.8. The van der Waals surface area contributed by atoms with E-state index in [1.165, 1.54) is 12.1 Å². The molecule has 0 radical (unpaired) electrons. The Labute approximate surface area is 200 Å². The molecule has 0 bridgehead atoms. The fourth-order valence-corrected chi connectivity index (χ4v) is 3.74. The van der Waals surface area contributed by atoms with Crippen LogP contribution in [-0.4, -0.2) is 73.3 Å². The Balaban J connectivity index is 1.73. The van der Waals surface area contributed by atoms with Crippen molar-refractivity contribution in [3.8, 4) is 34.3 Å². The lowest BCUT2D eigenvalue weighted by Gasteiger charge is -2.40. The molecule has 2 aromatic carbocycles. The van der Waals surface area contributed by atoms with E-state index in [0.29, 0.717) is 0 Å². The number of benzene rings is 2. The largest absolute Gasteiger partial charge is 0.508 e. The maximum Gasteiger partial charge on any atom is 0.335 e. The Morgan fingerprint density at radius 3 is 2.36 bits per heavy atom. The number of aliphatic hydroxyl groups excluding tert-OH is 2. The summed E-state index contributed by atoms with van der Waals surface area (Å²) < 4.78 is 21.3. The van der Waals surface area contributed by atoms with Crippen LogP contribution in [0.15, 0.2) is 45.6 Å². The summed E-state index contributed by atoms with van der Waals surface area (Å²) in [5, 5.41) is 59.4. The minimum absolute atomic E-state index is 0.0534. The number of carbonyl (C=O) groups is 2. The number of carbonyl (C=O) groups excluding carboxylic acids is 1. The van der Waals surface area contributed by atoms with Gasteiger partial charge in [-0.05, 0) is 18.2 Å². The Morgan fingerprint density at radius 2 is 1.69 bits per heavy atom. The molecular formula is C23H20O13. The molecular weight excluding hydrogens is 484 g/mol. The van der Waals surface area contributed by atoms with Crippen LogP contribution in [0.3, 0.4) is 0 Å². The van der Waals surface area contributed by atoms with E-state index in [1.807, 2.05) is 0 Å². The third kappa shape index (κ3) is 4.62. The molecule has 36 heavy (non-hydrogen) atoms. The number of aromatic hydroxyl groups is 3. The Hall–Kier alpha value is -4.33. The smallest absolute Gasteiger partial charge is 0.335 e. The number of carboxylic acids is 1. The summed E-state index contributed by atoms with van der Waals surface area (Å²) in [5.74, 6) is -4.23. The zero-order chi connectivity index (χ0) is 26.3. The zero-order valence-corrected chi connectivity index (χ0v) is 18.4. The molecule has 0 amide bonds.